The Morgan fingerprint density at radius 2 is 2.08 bits per heavy atom. The number of aromatic nitrogens is 1. The lowest BCUT2D eigenvalue weighted by atomic mass is 10.2. The molecule has 1 heterocycles. The predicted molar refractivity (Wildman–Crippen MR) is 100 cm³/mol. The molecule has 0 N–H and O–H groups in total. The molecule has 2 rings (SSSR count). The van der Waals surface area contributed by atoms with Crippen LogP contribution in [0.4, 0.5) is 0 Å². The number of thioether (sulfide) groups is 1. The average Bonchev–Trinajstić information content (AvgIpc) is 2.66. The zero-order chi connectivity index (χ0) is 18.8. The van der Waals surface area contributed by atoms with Crippen molar-refractivity contribution < 1.29 is 23.7 Å². The lowest BCUT2D eigenvalue weighted by Crippen LogP contribution is -2.09. The maximum Gasteiger partial charge on any atom is 0.255 e. The zero-order valence-corrected chi connectivity index (χ0v) is 16.1. The van der Waals surface area contributed by atoms with Crippen molar-refractivity contribution in [3.8, 4) is 11.5 Å². The van der Waals surface area contributed by atoms with Gasteiger partial charge in [0.05, 0.1) is 19.3 Å². The van der Waals surface area contributed by atoms with E-state index < -0.39 is 5.24 Å². The first-order valence-electron chi connectivity index (χ1n) is 7.79. The highest BCUT2D eigenvalue weighted by Crippen LogP contribution is 2.31. The predicted octanol–water partition coefficient (Wildman–Crippen LogP) is 3.76. The Morgan fingerprint density at radius 1 is 1.23 bits per heavy atom. The summed E-state index contributed by atoms with van der Waals surface area (Å²) in [7, 11) is 3.16. The van der Waals surface area contributed by atoms with E-state index in [0.29, 0.717) is 41.1 Å². The fourth-order valence-corrected chi connectivity index (χ4v) is 3.26. The van der Waals surface area contributed by atoms with E-state index in [4.69, 9.17) is 30.5 Å². The van der Waals surface area contributed by atoms with Gasteiger partial charge in [-0.05, 0) is 29.8 Å². The molecule has 1 aromatic carbocycles. The van der Waals surface area contributed by atoms with Crippen LogP contribution in [0.25, 0.3) is 0 Å². The lowest BCUT2D eigenvalue weighted by molar-refractivity contribution is -0.0388. The van der Waals surface area contributed by atoms with Crippen molar-refractivity contribution >= 4 is 28.6 Å². The van der Waals surface area contributed by atoms with Crippen LogP contribution < -0.4 is 9.47 Å². The third-order valence-electron chi connectivity index (χ3n) is 3.31. The summed E-state index contributed by atoms with van der Waals surface area (Å²) in [6, 6.07) is 8.93. The SMILES string of the molecule is COCOCCOc1cc(OC)ccc1CSc1ncccc1C(=O)Cl. The number of rotatable bonds is 11. The van der Waals surface area contributed by atoms with Gasteiger partial charge in [-0.2, -0.15) is 0 Å². The summed E-state index contributed by atoms with van der Waals surface area (Å²) in [6.45, 7) is 1.01. The highest BCUT2D eigenvalue weighted by atomic mass is 35.5. The second-order valence-electron chi connectivity index (χ2n) is 5.06. The van der Waals surface area contributed by atoms with E-state index in [-0.39, 0.29) is 6.79 Å². The van der Waals surface area contributed by atoms with Crippen LogP contribution in [0.5, 0.6) is 11.5 Å². The minimum atomic E-state index is -0.526. The Kier molecular flexibility index (Phi) is 8.70. The lowest BCUT2D eigenvalue weighted by Gasteiger charge is -2.13. The maximum absolute atomic E-state index is 11.5. The van der Waals surface area contributed by atoms with Crippen LogP contribution in [0, 0.1) is 0 Å². The van der Waals surface area contributed by atoms with E-state index in [2.05, 4.69) is 4.98 Å². The molecule has 0 spiro atoms. The molecule has 140 valence electrons. The Morgan fingerprint density at radius 3 is 2.81 bits per heavy atom. The molecule has 0 amide bonds. The first-order chi connectivity index (χ1) is 12.7. The molecular weight excluding hydrogens is 378 g/mol. The van der Waals surface area contributed by atoms with Gasteiger partial charge in [0.15, 0.2) is 0 Å². The van der Waals surface area contributed by atoms with E-state index >= 15 is 0 Å². The summed E-state index contributed by atoms with van der Waals surface area (Å²) in [5.74, 6) is 1.94. The van der Waals surface area contributed by atoms with Gasteiger partial charge >= 0.3 is 0 Å². The number of halogens is 1. The molecule has 0 unspecified atom stereocenters. The number of benzene rings is 1. The number of nitrogens with zero attached hydrogens (tertiary/aromatic N) is 1. The molecule has 0 atom stereocenters. The van der Waals surface area contributed by atoms with Gasteiger partial charge in [-0.1, -0.05) is 6.07 Å². The molecule has 0 aliphatic rings. The summed E-state index contributed by atoms with van der Waals surface area (Å²) >= 11 is 7.03. The molecule has 6 nitrogen and oxygen atoms in total. The van der Waals surface area contributed by atoms with Crippen molar-refractivity contribution in [2.24, 2.45) is 0 Å². The van der Waals surface area contributed by atoms with Crippen molar-refractivity contribution in [2.75, 3.05) is 34.2 Å². The zero-order valence-electron chi connectivity index (χ0n) is 14.6. The molecule has 0 saturated carbocycles. The van der Waals surface area contributed by atoms with Crippen molar-refractivity contribution in [3.05, 3.63) is 47.7 Å². The quantitative estimate of drug-likeness (QED) is 0.247. The molecule has 0 saturated heterocycles. The number of ether oxygens (including phenoxy) is 4. The van der Waals surface area contributed by atoms with Gasteiger partial charge in [0.1, 0.15) is 29.9 Å². The van der Waals surface area contributed by atoms with Crippen molar-refractivity contribution in [3.63, 3.8) is 0 Å². The second kappa shape index (κ2) is 11.0. The second-order valence-corrected chi connectivity index (χ2v) is 6.36. The molecule has 0 fully saturated rings. The number of methoxy groups -OCH3 is 2. The van der Waals surface area contributed by atoms with Crippen LogP contribution in [0.1, 0.15) is 15.9 Å². The normalized spacial score (nSPS) is 10.6. The van der Waals surface area contributed by atoms with E-state index in [1.165, 1.54) is 11.8 Å². The van der Waals surface area contributed by atoms with Crippen LogP contribution in [0.3, 0.4) is 0 Å². The summed E-state index contributed by atoms with van der Waals surface area (Å²) in [5, 5.41) is 0.0554. The summed E-state index contributed by atoms with van der Waals surface area (Å²) in [5.41, 5.74) is 1.34. The summed E-state index contributed by atoms with van der Waals surface area (Å²) < 4.78 is 21.1. The van der Waals surface area contributed by atoms with Gasteiger partial charge in [0.2, 0.25) is 0 Å². The van der Waals surface area contributed by atoms with Gasteiger partial charge in [0, 0.05) is 30.7 Å². The van der Waals surface area contributed by atoms with E-state index in [0.717, 1.165) is 5.56 Å². The van der Waals surface area contributed by atoms with Crippen LogP contribution in [-0.4, -0.2) is 44.5 Å². The topological polar surface area (TPSA) is 66.9 Å². The maximum atomic E-state index is 11.5. The molecule has 0 radical (unpaired) electrons. The van der Waals surface area contributed by atoms with E-state index in [9.17, 15) is 4.79 Å². The molecule has 26 heavy (non-hydrogen) atoms. The molecule has 0 bridgehead atoms. The van der Waals surface area contributed by atoms with Gasteiger partial charge in [0.25, 0.3) is 5.24 Å². The standard InChI is InChI=1S/C18H20ClNO5S/c1-22-12-24-8-9-25-16-10-14(23-2)6-5-13(16)11-26-18-15(17(19)21)4-3-7-20-18/h3-7,10H,8-9,11-12H2,1-2H3. The molecule has 8 heteroatoms. The number of hydrogen-bond acceptors (Lipinski definition) is 7. The monoisotopic (exact) mass is 397 g/mol. The number of carbonyl (C=O) groups is 1. The average molecular weight is 398 g/mol. The van der Waals surface area contributed by atoms with Crippen LogP contribution in [0.2, 0.25) is 0 Å². The molecule has 0 aliphatic heterocycles. The fraction of sp³-hybridized carbons (Fsp3) is 0.333. The Bertz CT molecular complexity index is 728. The van der Waals surface area contributed by atoms with Crippen LogP contribution in [0.15, 0.2) is 41.6 Å². The van der Waals surface area contributed by atoms with Crippen LogP contribution in [-0.2, 0) is 15.2 Å². The van der Waals surface area contributed by atoms with Gasteiger partial charge in [-0.15, -0.1) is 11.8 Å². The largest absolute Gasteiger partial charge is 0.497 e. The first kappa shape index (κ1) is 20.5. The molecular formula is C18H20ClNO5S. The first-order valence-corrected chi connectivity index (χ1v) is 9.16. The highest BCUT2D eigenvalue weighted by molar-refractivity contribution is 7.98. The van der Waals surface area contributed by atoms with E-state index in [1.807, 2.05) is 18.2 Å². The number of hydrogen-bond donors (Lipinski definition) is 0. The Balaban J connectivity index is 2.07. The molecule has 2 aromatic rings. The third-order valence-corrected chi connectivity index (χ3v) is 4.57. The highest BCUT2D eigenvalue weighted by Gasteiger charge is 2.12. The minimum absolute atomic E-state index is 0.221. The Hall–Kier alpha value is -1.80. The molecule has 1 aromatic heterocycles. The number of pyridine rings is 1. The number of carbonyl (C=O) groups excluding carboxylic acids is 1. The van der Waals surface area contributed by atoms with Crippen molar-refractivity contribution in [1.29, 1.82) is 0 Å². The van der Waals surface area contributed by atoms with E-state index in [1.54, 1.807) is 32.5 Å². The third kappa shape index (κ3) is 6.17. The van der Waals surface area contributed by atoms with Gasteiger partial charge in [-0.25, -0.2) is 4.98 Å². The summed E-state index contributed by atoms with van der Waals surface area (Å²) in [4.78, 5) is 15.7. The minimum Gasteiger partial charge on any atom is -0.497 e. The van der Waals surface area contributed by atoms with Gasteiger partial charge in [-0.3, -0.25) is 4.79 Å². The van der Waals surface area contributed by atoms with Crippen LogP contribution >= 0.6 is 23.4 Å². The fourth-order valence-electron chi connectivity index (χ4n) is 2.07. The Labute approximate surface area is 161 Å². The van der Waals surface area contributed by atoms with Crippen molar-refractivity contribution in [2.45, 2.75) is 10.8 Å². The van der Waals surface area contributed by atoms with Gasteiger partial charge < -0.3 is 18.9 Å². The summed E-state index contributed by atoms with van der Waals surface area (Å²) in [6.07, 6.45) is 1.63. The smallest absolute Gasteiger partial charge is 0.255 e. The van der Waals surface area contributed by atoms with Crippen molar-refractivity contribution in [1.82, 2.24) is 4.98 Å². The molecule has 0 aliphatic carbocycles.